The van der Waals surface area contributed by atoms with E-state index in [1.807, 2.05) is 6.20 Å². The molecular formula is C10H9IN-. The fourth-order valence-corrected chi connectivity index (χ4v) is 2.74. The Kier molecular flexibility index (Phi) is 2.26. The Labute approximate surface area is 82.1 Å². The monoisotopic (exact) mass is 270 g/mol. The van der Waals surface area contributed by atoms with Crippen molar-refractivity contribution in [1.82, 2.24) is 4.98 Å². The summed E-state index contributed by atoms with van der Waals surface area (Å²) in [7, 11) is 0. The van der Waals surface area contributed by atoms with Crippen LogP contribution in [0.2, 0.25) is 0 Å². The van der Waals surface area contributed by atoms with E-state index >= 15 is 0 Å². The first-order chi connectivity index (χ1) is 5.92. The van der Waals surface area contributed by atoms with Gasteiger partial charge in [0.15, 0.2) is 0 Å². The summed E-state index contributed by atoms with van der Waals surface area (Å²) in [6.07, 6.45) is 1.90. The van der Waals surface area contributed by atoms with Gasteiger partial charge in [-0.1, -0.05) is 0 Å². The second kappa shape index (κ2) is 3.39. The van der Waals surface area contributed by atoms with Crippen LogP contribution in [0.1, 0.15) is 0 Å². The Morgan fingerprint density at radius 3 is 2.83 bits per heavy atom. The summed E-state index contributed by atoms with van der Waals surface area (Å²) in [5, 5.41) is 2.64. The van der Waals surface area contributed by atoms with Gasteiger partial charge in [0, 0.05) is 0 Å². The van der Waals surface area contributed by atoms with Gasteiger partial charge in [-0.3, -0.25) is 0 Å². The van der Waals surface area contributed by atoms with Crippen molar-refractivity contribution in [3.63, 3.8) is 0 Å². The van der Waals surface area contributed by atoms with Crippen LogP contribution in [0.4, 0.5) is 0 Å². The molecule has 0 aliphatic rings. The minimum atomic E-state index is 0.0960. The molecule has 0 radical (unpaired) electrons. The molecule has 0 saturated carbocycles. The molecule has 0 unspecified atom stereocenters. The van der Waals surface area contributed by atoms with E-state index in [0.29, 0.717) is 0 Å². The van der Waals surface area contributed by atoms with Crippen molar-refractivity contribution in [2.75, 3.05) is 4.93 Å². The molecule has 0 aliphatic heterocycles. The third-order valence-electron chi connectivity index (χ3n) is 1.80. The number of alkyl halides is 1. The number of pyridine rings is 1. The summed E-state index contributed by atoms with van der Waals surface area (Å²) in [5.41, 5.74) is 0. The molecule has 1 aromatic heterocycles. The van der Waals surface area contributed by atoms with Gasteiger partial charge < -0.3 is 0 Å². The first-order valence-corrected chi connectivity index (χ1v) is 6.98. The fraction of sp³-hybridized carbons (Fsp3) is 0.100. The van der Waals surface area contributed by atoms with Gasteiger partial charge in [0.1, 0.15) is 0 Å². The molecule has 1 heterocycles. The number of nitrogens with zero attached hydrogens (tertiary/aromatic N) is 1. The number of rotatable bonds is 1. The zero-order valence-electron chi connectivity index (χ0n) is 6.79. The number of hydrogen-bond donors (Lipinski definition) is 0. The van der Waals surface area contributed by atoms with Crippen LogP contribution in [0.5, 0.6) is 0 Å². The number of hydrogen-bond acceptors (Lipinski definition) is 1. The van der Waals surface area contributed by atoms with Crippen LogP contribution < -0.4 is 21.2 Å². The van der Waals surface area contributed by atoms with Gasteiger partial charge in [-0.15, -0.1) is 0 Å². The van der Waals surface area contributed by atoms with E-state index < -0.39 is 0 Å². The third kappa shape index (κ3) is 1.31. The van der Waals surface area contributed by atoms with Crippen LogP contribution in [0.25, 0.3) is 10.8 Å². The summed E-state index contributed by atoms with van der Waals surface area (Å²) in [4.78, 5) is 6.62. The first-order valence-electron chi connectivity index (χ1n) is 3.75. The van der Waals surface area contributed by atoms with Crippen molar-refractivity contribution in [3.8, 4) is 0 Å². The molecule has 0 spiro atoms. The van der Waals surface area contributed by atoms with Crippen LogP contribution in [0.15, 0.2) is 36.5 Å². The molecule has 0 atom stereocenters. The normalized spacial score (nSPS) is 10.8. The summed E-state index contributed by atoms with van der Waals surface area (Å²) in [6.45, 7) is 0. The van der Waals surface area contributed by atoms with E-state index in [1.165, 1.54) is 14.5 Å². The minimum absolute atomic E-state index is 0.0960. The fourth-order valence-electron chi connectivity index (χ4n) is 1.23. The molecule has 0 amide bonds. The molecular weight excluding hydrogens is 261 g/mol. The van der Waals surface area contributed by atoms with Gasteiger partial charge in [-0.05, 0) is 0 Å². The third-order valence-corrected chi connectivity index (χ3v) is 3.69. The predicted octanol–water partition coefficient (Wildman–Crippen LogP) is -0.877. The van der Waals surface area contributed by atoms with E-state index in [4.69, 9.17) is 0 Å². The van der Waals surface area contributed by atoms with Gasteiger partial charge in [-0.25, -0.2) is 0 Å². The van der Waals surface area contributed by atoms with Crippen LogP contribution in [-0.4, -0.2) is 9.91 Å². The van der Waals surface area contributed by atoms with Gasteiger partial charge >= 0.3 is 82.1 Å². The molecule has 1 nitrogen and oxygen atoms in total. The zero-order valence-corrected chi connectivity index (χ0v) is 8.95. The summed E-state index contributed by atoms with van der Waals surface area (Å²) >= 11 is 0.0960. The van der Waals surface area contributed by atoms with Crippen molar-refractivity contribution in [2.24, 2.45) is 0 Å². The van der Waals surface area contributed by atoms with Gasteiger partial charge in [0.25, 0.3) is 0 Å². The molecule has 0 N–H and O–H groups in total. The van der Waals surface area contributed by atoms with Gasteiger partial charge in [-0.2, -0.15) is 0 Å². The van der Waals surface area contributed by atoms with E-state index in [0.717, 1.165) is 0 Å². The number of fused-ring (bicyclic) bond motifs is 1. The standard InChI is InChI=1S/C10H9IN/c1-11-10-9-5-3-2-4-8(9)6-7-12-10/h2-7H,1H3/q-1. The number of benzene rings is 1. The Morgan fingerprint density at radius 1 is 1.17 bits per heavy atom. The van der Waals surface area contributed by atoms with Gasteiger partial charge in [0.05, 0.1) is 0 Å². The zero-order chi connectivity index (χ0) is 8.39. The van der Waals surface area contributed by atoms with E-state index in [2.05, 4.69) is 40.2 Å². The summed E-state index contributed by atoms with van der Waals surface area (Å²) in [5.74, 6) is 0. The average Bonchev–Trinajstić information content (AvgIpc) is 2.17. The topological polar surface area (TPSA) is 12.9 Å². The molecule has 2 rings (SSSR count). The van der Waals surface area contributed by atoms with Gasteiger partial charge in [0.2, 0.25) is 0 Å². The van der Waals surface area contributed by atoms with E-state index in [9.17, 15) is 0 Å². The van der Waals surface area contributed by atoms with E-state index in [-0.39, 0.29) is 21.2 Å². The number of aromatic nitrogens is 1. The van der Waals surface area contributed by atoms with Crippen molar-refractivity contribution in [2.45, 2.75) is 0 Å². The quantitative estimate of drug-likeness (QED) is 0.373. The average molecular weight is 270 g/mol. The Morgan fingerprint density at radius 2 is 2.00 bits per heavy atom. The molecule has 0 saturated heterocycles. The second-order valence-corrected chi connectivity index (χ2v) is 4.61. The Hall–Kier alpha value is -0.640. The predicted molar refractivity (Wildman–Crippen MR) is 46.4 cm³/mol. The SMILES string of the molecule is C[I-]c1nccc2ccccc12. The first kappa shape index (κ1) is 7.98. The van der Waals surface area contributed by atoms with E-state index in [1.54, 1.807) is 0 Å². The molecule has 12 heavy (non-hydrogen) atoms. The molecule has 62 valence electrons. The molecule has 0 bridgehead atoms. The molecule has 2 aromatic rings. The van der Waals surface area contributed by atoms with Crippen LogP contribution in [0, 0.1) is 3.70 Å². The van der Waals surface area contributed by atoms with Crippen LogP contribution in [-0.2, 0) is 0 Å². The van der Waals surface area contributed by atoms with Crippen LogP contribution >= 0.6 is 0 Å². The summed E-state index contributed by atoms with van der Waals surface area (Å²) < 4.78 is 1.30. The van der Waals surface area contributed by atoms with Crippen molar-refractivity contribution >= 4 is 10.8 Å². The molecule has 0 aliphatic carbocycles. The van der Waals surface area contributed by atoms with Crippen molar-refractivity contribution in [1.29, 1.82) is 0 Å². The number of halogens is 1. The van der Waals surface area contributed by atoms with Crippen LogP contribution in [0.3, 0.4) is 0 Å². The summed E-state index contributed by atoms with van der Waals surface area (Å²) in [6, 6.07) is 10.5. The molecule has 2 heteroatoms. The molecule has 1 aromatic carbocycles. The maximum atomic E-state index is 4.37. The van der Waals surface area contributed by atoms with Crippen molar-refractivity contribution in [3.05, 3.63) is 40.2 Å². The second-order valence-electron chi connectivity index (χ2n) is 2.51. The Balaban J connectivity index is 2.79. The maximum absolute atomic E-state index is 4.37. The Bertz CT molecular complexity index is 392. The molecule has 0 fully saturated rings. The van der Waals surface area contributed by atoms with Crippen molar-refractivity contribution < 1.29 is 21.2 Å².